The number of amides is 1. The van der Waals surface area contributed by atoms with Gasteiger partial charge in [-0.1, -0.05) is 41.9 Å². The first kappa shape index (κ1) is 21.8. The molecule has 1 N–H and O–H groups in total. The number of pyridine rings is 1. The lowest BCUT2D eigenvalue weighted by molar-refractivity contribution is -0.121. The van der Waals surface area contributed by atoms with Crippen LogP contribution in [0.4, 0.5) is 0 Å². The Hall–Kier alpha value is -4.04. The molecule has 9 heteroatoms. The second-order valence-corrected chi connectivity index (χ2v) is 8.32. The molecule has 0 fully saturated rings. The van der Waals surface area contributed by atoms with Crippen LogP contribution < -0.4 is 10.9 Å². The van der Waals surface area contributed by atoms with Crippen molar-refractivity contribution in [2.75, 3.05) is 0 Å². The van der Waals surface area contributed by atoms with Crippen LogP contribution in [0.25, 0.3) is 16.7 Å². The fourth-order valence-corrected chi connectivity index (χ4v) is 4.02. The zero-order valence-corrected chi connectivity index (χ0v) is 18.9. The molecule has 0 spiro atoms. The molecule has 0 saturated heterocycles. The molecule has 0 aliphatic heterocycles. The summed E-state index contributed by atoms with van der Waals surface area (Å²) in [6.07, 6.45) is 2.30. The number of fused-ring (bicyclic) bond motifs is 3. The number of carbonyl (C=O) groups excluding carboxylic acids is 1. The van der Waals surface area contributed by atoms with E-state index >= 15 is 0 Å². The van der Waals surface area contributed by atoms with Gasteiger partial charge >= 0.3 is 0 Å². The first-order valence-electron chi connectivity index (χ1n) is 10.9. The topological polar surface area (TPSA) is 94.2 Å². The fourth-order valence-electron chi connectivity index (χ4n) is 3.90. The second kappa shape index (κ2) is 9.44. The number of nitrogens with zero attached hydrogens (tertiary/aromatic N) is 5. The van der Waals surface area contributed by atoms with Crippen LogP contribution in [0.15, 0.2) is 77.7 Å². The third-order valence-electron chi connectivity index (χ3n) is 5.60. The zero-order chi connectivity index (χ0) is 23.5. The minimum absolute atomic E-state index is 0.110. The third-order valence-corrected chi connectivity index (χ3v) is 5.85. The number of aryl methyl sites for hydroxylation is 1. The zero-order valence-electron chi connectivity index (χ0n) is 18.2. The van der Waals surface area contributed by atoms with E-state index in [9.17, 15) is 9.59 Å². The van der Waals surface area contributed by atoms with E-state index in [1.54, 1.807) is 29.0 Å². The van der Waals surface area contributed by atoms with Crippen molar-refractivity contribution in [3.8, 4) is 0 Å². The Bertz CT molecular complexity index is 1530. The van der Waals surface area contributed by atoms with E-state index in [4.69, 9.17) is 11.6 Å². The van der Waals surface area contributed by atoms with Gasteiger partial charge in [-0.3, -0.25) is 23.5 Å². The number of hydrogen-bond donors (Lipinski definition) is 1. The summed E-state index contributed by atoms with van der Waals surface area (Å²) in [5, 5.41) is 12.7. The van der Waals surface area contributed by atoms with E-state index in [0.717, 1.165) is 11.3 Å². The Morgan fingerprint density at radius 3 is 2.56 bits per heavy atom. The van der Waals surface area contributed by atoms with Gasteiger partial charge in [0.1, 0.15) is 5.82 Å². The summed E-state index contributed by atoms with van der Waals surface area (Å²) >= 11 is 6.01. The Morgan fingerprint density at radius 1 is 0.971 bits per heavy atom. The molecule has 170 valence electrons. The molecule has 34 heavy (non-hydrogen) atoms. The van der Waals surface area contributed by atoms with Crippen molar-refractivity contribution < 1.29 is 4.79 Å². The van der Waals surface area contributed by atoms with Gasteiger partial charge in [-0.25, -0.2) is 0 Å². The maximum Gasteiger partial charge on any atom is 0.263 e. The van der Waals surface area contributed by atoms with Crippen LogP contribution in [0.3, 0.4) is 0 Å². The Kier molecular flexibility index (Phi) is 6.05. The minimum Gasteiger partial charge on any atom is -0.350 e. The van der Waals surface area contributed by atoms with Gasteiger partial charge < -0.3 is 5.32 Å². The van der Waals surface area contributed by atoms with Gasteiger partial charge in [0.15, 0.2) is 0 Å². The van der Waals surface area contributed by atoms with Gasteiger partial charge in [0.25, 0.3) is 5.56 Å². The summed E-state index contributed by atoms with van der Waals surface area (Å²) in [6, 6.07) is 20.3. The van der Waals surface area contributed by atoms with Crippen LogP contribution in [0, 0.1) is 0 Å². The number of aromatic nitrogens is 5. The average molecular weight is 473 g/mol. The van der Waals surface area contributed by atoms with E-state index < -0.39 is 0 Å². The highest BCUT2D eigenvalue weighted by Gasteiger charge is 2.17. The highest BCUT2D eigenvalue weighted by Crippen LogP contribution is 2.17. The number of nitrogens with one attached hydrogen (secondary N) is 1. The van der Waals surface area contributed by atoms with Crippen LogP contribution >= 0.6 is 11.6 Å². The smallest absolute Gasteiger partial charge is 0.263 e. The lowest BCUT2D eigenvalue weighted by atomic mass is 10.2. The third kappa shape index (κ3) is 4.40. The number of benzene rings is 2. The molecule has 0 unspecified atom stereocenters. The van der Waals surface area contributed by atoms with Crippen molar-refractivity contribution in [3.05, 3.63) is 105 Å². The molecule has 0 aliphatic carbocycles. The first-order valence-corrected chi connectivity index (χ1v) is 11.2. The van der Waals surface area contributed by atoms with E-state index in [0.29, 0.717) is 47.0 Å². The summed E-state index contributed by atoms with van der Waals surface area (Å²) in [5.74, 6) is 0.938. The van der Waals surface area contributed by atoms with Crippen molar-refractivity contribution in [3.63, 3.8) is 0 Å². The monoisotopic (exact) mass is 472 g/mol. The van der Waals surface area contributed by atoms with Gasteiger partial charge in [0, 0.05) is 24.1 Å². The highest BCUT2D eigenvalue weighted by atomic mass is 35.5. The van der Waals surface area contributed by atoms with Crippen LogP contribution in [0.2, 0.25) is 5.02 Å². The molecule has 0 atom stereocenters. The molecule has 5 aromatic rings. The molecule has 5 rings (SSSR count). The number of halogens is 1. The van der Waals surface area contributed by atoms with Gasteiger partial charge in [0.2, 0.25) is 11.7 Å². The van der Waals surface area contributed by atoms with Gasteiger partial charge in [-0.2, -0.15) is 0 Å². The van der Waals surface area contributed by atoms with Crippen LogP contribution in [-0.2, 0) is 24.3 Å². The van der Waals surface area contributed by atoms with Crippen molar-refractivity contribution in [1.82, 2.24) is 29.5 Å². The summed E-state index contributed by atoms with van der Waals surface area (Å²) in [5.41, 5.74) is 2.27. The summed E-state index contributed by atoms with van der Waals surface area (Å²) in [6.45, 7) is 0.691. The predicted molar refractivity (Wildman–Crippen MR) is 130 cm³/mol. The maximum absolute atomic E-state index is 13.3. The molecular weight excluding hydrogens is 452 g/mol. The van der Waals surface area contributed by atoms with Crippen LogP contribution in [0.1, 0.15) is 23.5 Å². The summed E-state index contributed by atoms with van der Waals surface area (Å²) in [7, 11) is 0. The Morgan fingerprint density at radius 2 is 1.76 bits per heavy atom. The van der Waals surface area contributed by atoms with Crippen molar-refractivity contribution in [1.29, 1.82) is 0 Å². The molecule has 3 heterocycles. The standard InChI is InChI=1S/C25H21ClN6O2/c26-18-10-8-17(9-11-18)16-31-24(34)20-6-1-2-7-21(20)32-22(29-30-25(31)32)12-13-23(33)28-15-19-5-3-4-14-27-19/h1-11,14H,12-13,15-16H2,(H,28,33). The summed E-state index contributed by atoms with van der Waals surface area (Å²) < 4.78 is 3.46. The van der Waals surface area contributed by atoms with Crippen molar-refractivity contribution >= 4 is 34.2 Å². The largest absolute Gasteiger partial charge is 0.350 e. The Labute approximate surface area is 199 Å². The lowest BCUT2D eigenvalue weighted by Gasteiger charge is -2.12. The molecule has 3 aromatic heterocycles. The van der Waals surface area contributed by atoms with E-state index in [-0.39, 0.29) is 17.9 Å². The molecule has 0 aliphatic rings. The van der Waals surface area contributed by atoms with Gasteiger partial charge in [-0.05, 0) is 42.0 Å². The van der Waals surface area contributed by atoms with Crippen molar-refractivity contribution in [2.24, 2.45) is 0 Å². The van der Waals surface area contributed by atoms with Crippen LogP contribution in [-0.4, -0.2) is 30.1 Å². The van der Waals surface area contributed by atoms with Gasteiger partial charge in [0.05, 0.1) is 29.7 Å². The van der Waals surface area contributed by atoms with E-state index in [2.05, 4.69) is 20.5 Å². The number of para-hydroxylation sites is 1. The van der Waals surface area contributed by atoms with E-state index in [1.807, 2.05) is 52.9 Å². The molecular formula is C25H21ClN6O2. The molecule has 0 radical (unpaired) electrons. The van der Waals surface area contributed by atoms with E-state index in [1.165, 1.54) is 0 Å². The minimum atomic E-state index is -0.148. The first-order chi connectivity index (χ1) is 16.6. The molecule has 8 nitrogen and oxygen atoms in total. The number of carbonyl (C=O) groups is 1. The normalized spacial score (nSPS) is 11.2. The predicted octanol–water partition coefficient (Wildman–Crippen LogP) is 3.39. The van der Waals surface area contributed by atoms with Crippen LogP contribution in [0.5, 0.6) is 0 Å². The molecule has 0 bridgehead atoms. The quantitative estimate of drug-likeness (QED) is 0.392. The molecule has 2 aromatic carbocycles. The SMILES string of the molecule is O=C(CCc1nnc2n(Cc3ccc(Cl)cc3)c(=O)c3ccccc3n12)NCc1ccccn1. The number of hydrogen-bond acceptors (Lipinski definition) is 5. The maximum atomic E-state index is 13.3. The average Bonchev–Trinajstić information content (AvgIpc) is 3.30. The Balaban J connectivity index is 1.45. The molecule has 1 amide bonds. The summed E-state index contributed by atoms with van der Waals surface area (Å²) in [4.78, 5) is 29.9. The number of rotatable bonds is 7. The fraction of sp³-hybridized carbons (Fsp3) is 0.160. The second-order valence-electron chi connectivity index (χ2n) is 7.88. The lowest BCUT2D eigenvalue weighted by Crippen LogP contribution is -2.25. The highest BCUT2D eigenvalue weighted by molar-refractivity contribution is 6.30. The van der Waals surface area contributed by atoms with Crippen molar-refractivity contribution in [2.45, 2.75) is 25.9 Å². The molecule has 0 saturated carbocycles. The van der Waals surface area contributed by atoms with Gasteiger partial charge in [-0.15, -0.1) is 10.2 Å².